The summed E-state index contributed by atoms with van der Waals surface area (Å²) >= 11 is 1.76. The van der Waals surface area contributed by atoms with Crippen molar-refractivity contribution in [2.75, 3.05) is 38.2 Å². The van der Waals surface area contributed by atoms with Gasteiger partial charge in [0.05, 0.1) is 0 Å². The first-order valence-electron chi connectivity index (χ1n) is 6.73. The summed E-state index contributed by atoms with van der Waals surface area (Å²) in [4.78, 5) is 14.2. The quantitative estimate of drug-likeness (QED) is 0.834. The van der Waals surface area contributed by atoms with E-state index in [9.17, 15) is 4.79 Å². The van der Waals surface area contributed by atoms with Gasteiger partial charge >= 0.3 is 0 Å². The van der Waals surface area contributed by atoms with Crippen LogP contribution in [0.1, 0.15) is 32.1 Å². The largest absolute Gasteiger partial charge is 0.342 e. The Morgan fingerprint density at radius 3 is 2.94 bits per heavy atom. The lowest BCUT2D eigenvalue weighted by Crippen LogP contribution is -2.52. The lowest BCUT2D eigenvalue weighted by atomic mass is 9.74. The van der Waals surface area contributed by atoms with Crippen molar-refractivity contribution in [1.29, 1.82) is 0 Å². The van der Waals surface area contributed by atoms with E-state index in [-0.39, 0.29) is 0 Å². The first-order valence-corrected chi connectivity index (χ1v) is 8.13. The van der Waals surface area contributed by atoms with Crippen molar-refractivity contribution in [2.45, 2.75) is 32.1 Å². The van der Waals surface area contributed by atoms with Crippen LogP contribution in [0.25, 0.3) is 0 Å². The van der Waals surface area contributed by atoms with Gasteiger partial charge in [-0.3, -0.25) is 4.79 Å². The molecule has 1 amide bonds. The van der Waals surface area contributed by atoms with Crippen molar-refractivity contribution in [3.05, 3.63) is 0 Å². The van der Waals surface area contributed by atoms with Crippen molar-refractivity contribution < 1.29 is 4.79 Å². The van der Waals surface area contributed by atoms with Crippen LogP contribution in [0.3, 0.4) is 0 Å². The van der Waals surface area contributed by atoms with Gasteiger partial charge in [0.2, 0.25) is 5.91 Å². The number of carbonyl (C=O) groups excluding carboxylic acids is 1. The van der Waals surface area contributed by atoms with Crippen LogP contribution in [0.4, 0.5) is 0 Å². The minimum absolute atomic E-state index is 0.365. The van der Waals surface area contributed by atoms with Gasteiger partial charge in [-0.2, -0.15) is 11.8 Å². The molecule has 0 aromatic rings. The van der Waals surface area contributed by atoms with E-state index < -0.39 is 0 Å². The van der Waals surface area contributed by atoms with Crippen LogP contribution in [-0.4, -0.2) is 49.0 Å². The molecule has 2 saturated heterocycles. The monoisotopic (exact) mass is 256 g/mol. The highest BCUT2D eigenvalue weighted by molar-refractivity contribution is 7.98. The number of thioether (sulfide) groups is 1. The van der Waals surface area contributed by atoms with Crippen LogP contribution in [0.2, 0.25) is 0 Å². The standard InChI is InChI=1S/C13H24N2OS/c1-17-9-4-12(16)15-8-3-6-13(11-15)5-2-7-14-10-13/h14H,2-11H2,1H3. The van der Waals surface area contributed by atoms with Crippen molar-refractivity contribution in [2.24, 2.45) is 5.41 Å². The predicted molar refractivity (Wildman–Crippen MR) is 73.3 cm³/mol. The third kappa shape index (κ3) is 3.38. The maximum absolute atomic E-state index is 12.1. The maximum atomic E-state index is 12.1. The van der Waals surface area contributed by atoms with Crippen LogP contribution in [0, 0.1) is 5.41 Å². The lowest BCUT2D eigenvalue weighted by Gasteiger charge is -2.45. The van der Waals surface area contributed by atoms with Gasteiger partial charge in [0.1, 0.15) is 0 Å². The number of hydrogen-bond acceptors (Lipinski definition) is 3. The predicted octanol–water partition coefficient (Wildman–Crippen LogP) is 1.73. The molecule has 1 atom stereocenters. The highest BCUT2D eigenvalue weighted by Gasteiger charge is 2.37. The summed E-state index contributed by atoms with van der Waals surface area (Å²) in [5, 5.41) is 3.51. The van der Waals surface area contributed by atoms with E-state index in [0.717, 1.165) is 31.9 Å². The Bertz CT molecular complexity index is 259. The van der Waals surface area contributed by atoms with E-state index in [1.54, 1.807) is 11.8 Å². The van der Waals surface area contributed by atoms with Crippen molar-refractivity contribution in [1.82, 2.24) is 10.2 Å². The number of likely N-dealkylation sites (tertiary alicyclic amines) is 1. The molecule has 0 aromatic heterocycles. The molecule has 0 radical (unpaired) electrons. The van der Waals surface area contributed by atoms with Crippen molar-refractivity contribution in [3.8, 4) is 0 Å². The first-order chi connectivity index (χ1) is 8.26. The molecule has 0 saturated carbocycles. The van der Waals surface area contributed by atoms with Gasteiger partial charge in [-0.1, -0.05) is 0 Å². The second-order valence-corrected chi connectivity index (χ2v) is 6.43. The second-order valence-electron chi connectivity index (χ2n) is 5.44. The van der Waals surface area contributed by atoms with Gasteiger partial charge in [-0.15, -0.1) is 0 Å². The number of nitrogens with zero attached hydrogens (tertiary/aromatic N) is 1. The Labute approximate surface area is 109 Å². The summed E-state index contributed by atoms with van der Waals surface area (Å²) in [6, 6.07) is 0. The van der Waals surface area contributed by atoms with E-state index in [1.165, 1.54) is 25.7 Å². The molecule has 4 heteroatoms. The summed E-state index contributed by atoms with van der Waals surface area (Å²) in [6.45, 7) is 4.24. The molecule has 2 aliphatic heterocycles. The van der Waals surface area contributed by atoms with Gasteiger partial charge in [0, 0.05) is 37.2 Å². The molecule has 1 spiro atoms. The fourth-order valence-corrected chi connectivity index (χ4v) is 3.53. The maximum Gasteiger partial charge on any atom is 0.223 e. The third-order valence-electron chi connectivity index (χ3n) is 4.09. The normalized spacial score (nSPS) is 29.6. The molecule has 0 aromatic carbocycles. The zero-order valence-electron chi connectivity index (χ0n) is 10.8. The Morgan fingerprint density at radius 1 is 1.41 bits per heavy atom. The fraction of sp³-hybridized carbons (Fsp3) is 0.923. The highest BCUT2D eigenvalue weighted by Crippen LogP contribution is 2.36. The number of amides is 1. The van der Waals surface area contributed by atoms with E-state index in [1.807, 2.05) is 0 Å². The van der Waals surface area contributed by atoms with Crippen LogP contribution in [-0.2, 0) is 4.79 Å². The molecule has 17 heavy (non-hydrogen) atoms. The number of piperidine rings is 2. The molecular weight excluding hydrogens is 232 g/mol. The van der Waals surface area contributed by atoms with Gasteiger partial charge in [-0.25, -0.2) is 0 Å². The molecule has 2 heterocycles. The Morgan fingerprint density at radius 2 is 2.24 bits per heavy atom. The van der Waals surface area contributed by atoms with Gasteiger partial charge in [-0.05, 0) is 38.5 Å². The number of rotatable bonds is 3. The molecule has 2 rings (SSSR count). The SMILES string of the molecule is CSCCC(=O)N1CCCC2(CCCNC2)C1. The molecule has 98 valence electrons. The molecule has 1 unspecified atom stereocenters. The molecule has 3 nitrogen and oxygen atoms in total. The molecular formula is C13H24N2OS. The summed E-state index contributed by atoms with van der Waals surface area (Å²) in [7, 11) is 0. The zero-order valence-corrected chi connectivity index (χ0v) is 11.7. The van der Waals surface area contributed by atoms with Gasteiger partial charge in [0.25, 0.3) is 0 Å². The fourth-order valence-electron chi connectivity index (χ4n) is 3.15. The number of nitrogens with one attached hydrogen (secondary N) is 1. The van der Waals surface area contributed by atoms with E-state index in [2.05, 4.69) is 16.5 Å². The minimum Gasteiger partial charge on any atom is -0.342 e. The average molecular weight is 256 g/mol. The molecule has 1 N–H and O–H groups in total. The molecule has 2 aliphatic rings. The van der Waals surface area contributed by atoms with Crippen LogP contribution in [0.5, 0.6) is 0 Å². The van der Waals surface area contributed by atoms with Crippen molar-refractivity contribution in [3.63, 3.8) is 0 Å². The topological polar surface area (TPSA) is 32.3 Å². The van der Waals surface area contributed by atoms with Crippen molar-refractivity contribution >= 4 is 17.7 Å². The molecule has 2 fully saturated rings. The minimum atomic E-state index is 0.365. The van der Waals surface area contributed by atoms with E-state index >= 15 is 0 Å². The summed E-state index contributed by atoms with van der Waals surface area (Å²) in [5.41, 5.74) is 0.394. The molecule has 0 aliphatic carbocycles. The Kier molecular flexibility index (Phi) is 4.74. The molecule has 0 bridgehead atoms. The zero-order chi connectivity index (χ0) is 12.1. The van der Waals surface area contributed by atoms with E-state index in [0.29, 0.717) is 17.7 Å². The first kappa shape index (κ1) is 13.2. The van der Waals surface area contributed by atoms with Crippen LogP contribution < -0.4 is 5.32 Å². The Balaban J connectivity index is 1.89. The van der Waals surface area contributed by atoms with Gasteiger partial charge < -0.3 is 10.2 Å². The second kappa shape index (κ2) is 6.10. The smallest absolute Gasteiger partial charge is 0.223 e. The summed E-state index contributed by atoms with van der Waals surface area (Å²) in [5.74, 6) is 1.32. The lowest BCUT2D eigenvalue weighted by molar-refractivity contribution is -0.134. The number of carbonyl (C=O) groups is 1. The van der Waals surface area contributed by atoms with Gasteiger partial charge in [0.15, 0.2) is 0 Å². The highest BCUT2D eigenvalue weighted by atomic mass is 32.2. The number of hydrogen-bond donors (Lipinski definition) is 1. The Hall–Kier alpha value is -0.220. The van der Waals surface area contributed by atoms with E-state index in [4.69, 9.17) is 0 Å². The summed E-state index contributed by atoms with van der Waals surface area (Å²) < 4.78 is 0. The van der Waals surface area contributed by atoms with Crippen LogP contribution in [0.15, 0.2) is 0 Å². The third-order valence-corrected chi connectivity index (χ3v) is 4.71. The summed E-state index contributed by atoms with van der Waals surface area (Å²) in [6.07, 6.45) is 7.83. The average Bonchev–Trinajstić information content (AvgIpc) is 2.37. The van der Waals surface area contributed by atoms with Crippen LogP contribution >= 0.6 is 11.8 Å².